The third-order valence-electron chi connectivity index (χ3n) is 2.24. The molecule has 0 aliphatic heterocycles. The quantitative estimate of drug-likeness (QED) is 0.748. The van der Waals surface area contributed by atoms with Crippen LogP contribution >= 0.6 is 0 Å². The Balaban J connectivity index is 2.37. The first-order chi connectivity index (χ1) is 8.63. The molecule has 0 aromatic carbocycles. The lowest BCUT2D eigenvalue weighted by Gasteiger charge is -2.12. The minimum atomic E-state index is -0.551. The summed E-state index contributed by atoms with van der Waals surface area (Å²) in [4.78, 5) is 23.0. The van der Waals surface area contributed by atoms with Gasteiger partial charge in [-0.25, -0.2) is 0 Å². The van der Waals surface area contributed by atoms with E-state index in [2.05, 4.69) is 10.6 Å². The highest BCUT2D eigenvalue weighted by Gasteiger charge is 2.12. The number of carbonyl (C=O) groups is 2. The van der Waals surface area contributed by atoms with E-state index in [0.717, 1.165) is 6.42 Å². The third kappa shape index (κ3) is 4.86. The summed E-state index contributed by atoms with van der Waals surface area (Å²) in [6.07, 6.45) is 5.28. The molecule has 1 heterocycles. The number of rotatable bonds is 6. The van der Waals surface area contributed by atoms with Gasteiger partial charge in [0.25, 0.3) is 0 Å². The van der Waals surface area contributed by atoms with Gasteiger partial charge in [0.1, 0.15) is 11.8 Å². The highest BCUT2D eigenvalue weighted by Crippen LogP contribution is 2.01. The first kappa shape index (κ1) is 14.0. The van der Waals surface area contributed by atoms with Crippen LogP contribution < -0.4 is 10.6 Å². The topological polar surface area (TPSA) is 71.3 Å². The molecule has 5 nitrogen and oxygen atoms in total. The number of amides is 2. The number of furan rings is 1. The Morgan fingerprint density at radius 1 is 1.50 bits per heavy atom. The Bertz CT molecular complexity index is 410. The van der Waals surface area contributed by atoms with Crippen molar-refractivity contribution < 1.29 is 14.0 Å². The van der Waals surface area contributed by atoms with Crippen molar-refractivity contribution in [2.45, 2.75) is 26.3 Å². The lowest BCUT2D eigenvalue weighted by molar-refractivity contribution is -0.126. The fourth-order valence-electron chi connectivity index (χ4n) is 1.27. The van der Waals surface area contributed by atoms with Gasteiger partial charge in [-0.1, -0.05) is 6.92 Å². The summed E-state index contributed by atoms with van der Waals surface area (Å²) >= 11 is 0. The summed E-state index contributed by atoms with van der Waals surface area (Å²) in [7, 11) is 0. The number of nitrogens with one attached hydrogen (secondary N) is 2. The molecular weight excluding hydrogens is 232 g/mol. The SMILES string of the molecule is CCCNC(=O)[C@H](C)NC(=O)/C=C/c1ccco1. The molecule has 2 amide bonds. The van der Waals surface area contributed by atoms with E-state index in [0.29, 0.717) is 12.3 Å². The Morgan fingerprint density at radius 3 is 2.89 bits per heavy atom. The van der Waals surface area contributed by atoms with Crippen molar-refractivity contribution in [2.24, 2.45) is 0 Å². The second-order valence-electron chi connectivity index (χ2n) is 3.87. The van der Waals surface area contributed by atoms with Gasteiger partial charge >= 0.3 is 0 Å². The van der Waals surface area contributed by atoms with E-state index in [1.54, 1.807) is 25.1 Å². The van der Waals surface area contributed by atoms with Gasteiger partial charge in [0.15, 0.2) is 0 Å². The van der Waals surface area contributed by atoms with Gasteiger partial charge in [-0.15, -0.1) is 0 Å². The van der Waals surface area contributed by atoms with E-state index in [-0.39, 0.29) is 11.8 Å². The summed E-state index contributed by atoms with van der Waals surface area (Å²) in [5, 5.41) is 5.28. The number of hydrogen-bond acceptors (Lipinski definition) is 3. The van der Waals surface area contributed by atoms with E-state index in [1.165, 1.54) is 12.3 Å². The maximum Gasteiger partial charge on any atom is 0.244 e. The van der Waals surface area contributed by atoms with Crippen LogP contribution in [0.2, 0.25) is 0 Å². The van der Waals surface area contributed by atoms with Crippen molar-refractivity contribution in [3.8, 4) is 0 Å². The lowest BCUT2D eigenvalue weighted by atomic mass is 10.3. The molecule has 1 aromatic rings. The van der Waals surface area contributed by atoms with Crippen LogP contribution in [0.25, 0.3) is 6.08 Å². The molecule has 18 heavy (non-hydrogen) atoms. The molecule has 0 saturated carbocycles. The molecule has 0 bridgehead atoms. The van der Waals surface area contributed by atoms with Crippen LogP contribution in [0.3, 0.4) is 0 Å². The largest absolute Gasteiger partial charge is 0.465 e. The zero-order chi connectivity index (χ0) is 13.4. The zero-order valence-corrected chi connectivity index (χ0v) is 10.6. The van der Waals surface area contributed by atoms with E-state index in [9.17, 15) is 9.59 Å². The molecule has 0 radical (unpaired) electrons. The van der Waals surface area contributed by atoms with Crippen molar-refractivity contribution in [3.05, 3.63) is 30.2 Å². The van der Waals surface area contributed by atoms with Crippen LogP contribution in [-0.4, -0.2) is 24.4 Å². The van der Waals surface area contributed by atoms with Gasteiger partial charge in [-0.05, 0) is 31.6 Å². The molecule has 1 rings (SSSR count). The molecular formula is C13H18N2O3. The molecule has 5 heteroatoms. The summed E-state index contributed by atoms with van der Waals surface area (Å²) < 4.78 is 5.04. The Hall–Kier alpha value is -2.04. The van der Waals surface area contributed by atoms with E-state index < -0.39 is 6.04 Å². The molecule has 1 aromatic heterocycles. The standard InChI is InChI=1S/C13H18N2O3/c1-3-8-14-13(17)10(2)15-12(16)7-6-11-5-4-9-18-11/h4-7,9-10H,3,8H2,1-2H3,(H,14,17)(H,15,16)/b7-6+/t10-/m0/s1. The Morgan fingerprint density at radius 2 is 2.28 bits per heavy atom. The first-order valence-corrected chi connectivity index (χ1v) is 5.93. The van der Waals surface area contributed by atoms with Gasteiger partial charge in [-0.2, -0.15) is 0 Å². The smallest absolute Gasteiger partial charge is 0.244 e. The van der Waals surface area contributed by atoms with Crippen molar-refractivity contribution in [1.29, 1.82) is 0 Å². The van der Waals surface area contributed by atoms with Crippen LogP contribution in [0, 0.1) is 0 Å². The van der Waals surface area contributed by atoms with E-state index >= 15 is 0 Å². The fraction of sp³-hybridized carbons (Fsp3) is 0.385. The predicted octanol–water partition coefficient (Wildman–Crippen LogP) is 1.32. The lowest BCUT2D eigenvalue weighted by Crippen LogP contribution is -2.44. The molecule has 0 aliphatic rings. The summed E-state index contributed by atoms with van der Waals surface area (Å²) in [5.41, 5.74) is 0. The molecule has 0 spiro atoms. The highest BCUT2D eigenvalue weighted by atomic mass is 16.3. The van der Waals surface area contributed by atoms with Crippen LogP contribution in [0.4, 0.5) is 0 Å². The summed E-state index contributed by atoms with van der Waals surface area (Å²) in [6, 6.07) is 2.92. The van der Waals surface area contributed by atoms with E-state index in [1.807, 2.05) is 6.92 Å². The molecule has 2 N–H and O–H groups in total. The molecule has 0 unspecified atom stereocenters. The third-order valence-corrected chi connectivity index (χ3v) is 2.24. The fourth-order valence-corrected chi connectivity index (χ4v) is 1.27. The van der Waals surface area contributed by atoms with Gasteiger partial charge in [-0.3, -0.25) is 9.59 Å². The second-order valence-corrected chi connectivity index (χ2v) is 3.87. The maximum absolute atomic E-state index is 11.5. The van der Waals surface area contributed by atoms with Crippen molar-refractivity contribution >= 4 is 17.9 Å². The summed E-state index contributed by atoms with van der Waals surface area (Å²) in [6.45, 7) is 4.22. The normalized spacial score (nSPS) is 12.3. The molecule has 0 saturated heterocycles. The predicted molar refractivity (Wildman–Crippen MR) is 68.6 cm³/mol. The minimum Gasteiger partial charge on any atom is -0.465 e. The Labute approximate surface area is 106 Å². The molecule has 0 fully saturated rings. The maximum atomic E-state index is 11.5. The zero-order valence-electron chi connectivity index (χ0n) is 10.6. The molecule has 98 valence electrons. The average Bonchev–Trinajstić information content (AvgIpc) is 2.86. The van der Waals surface area contributed by atoms with Crippen molar-refractivity contribution in [3.63, 3.8) is 0 Å². The molecule has 1 atom stereocenters. The highest BCUT2D eigenvalue weighted by molar-refractivity contribution is 5.95. The van der Waals surface area contributed by atoms with Gasteiger partial charge in [0.2, 0.25) is 11.8 Å². The van der Waals surface area contributed by atoms with Crippen molar-refractivity contribution in [1.82, 2.24) is 10.6 Å². The monoisotopic (exact) mass is 250 g/mol. The van der Waals surface area contributed by atoms with Gasteiger partial charge in [0, 0.05) is 12.6 Å². The molecule has 0 aliphatic carbocycles. The van der Waals surface area contributed by atoms with Crippen LogP contribution in [0.1, 0.15) is 26.0 Å². The van der Waals surface area contributed by atoms with Crippen molar-refractivity contribution in [2.75, 3.05) is 6.54 Å². The van der Waals surface area contributed by atoms with E-state index in [4.69, 9.17) is 4.42 Å². The van der Waals surface area contributed by atoms with Crippen LogP contribution in [0.15, 0.2) is 28.9 Å². The average molecular weight is 250 g/mol. The van der Waals surface area contributed by atoms with Gasteiger partial charge in [0.05, 0.1) is 6.26 Å². The first-order valence-electron chi connectivity index (χ1n) is 5.93. The summed E-state index contributed by atoms with van der Waals surface area (Å²) in [5.74, 6) is 0.0791. The number of hydrogen-bond donors (Lipinski definition) is 2. The second kappa shape index (κ2) is 7.32. The Kier molecular flexibility index (Phi) is 5.70. The van der Waals surface area contributed by atoms with Crippen LogP contribution in [-0.2, 0) is 9.59 Å². The van der Waals surface area contributed by atoms with Gasteiger partial charge < -0.3 is 15.1 Å². The van der Waals surface area contributed by atoms with Crippen LogP contribution in [0.5, 0.6) is 0 Å². The minimum absolute atomic E-state index is 0.184. The number of carbonyl (C=O) groups excluding carboxylic acids is 2.